The Morgan fingerprint density at radius 3 is 2.71 bits per heavy atom. The van der Waals surface area contributed by atoms with Gasteiger partial charge in [0.1, 0.15) is 0 Å². The second kappa shape index (κ2) is 6.03. The van der Waals surface area contributed by atoms with Crippen LogP contribution < -0.4 is 5.85 Å². The van der Waals surface area contributed by atoms with Gasteiger partial charge in [0.15, 0.2) is 0 Å². The number of benzene rings is 1. The molecule has 1 aromatic rings. The molecule has 0 aliphatic heterocycles. The van der Waals surface area contributed by atoms with E-state index in [0.29, 0.717) is 43.3 Å². The Kier molecular flexibility index (Phi) is 5.34. The van der Waals surface area contributed by atoms with Crippen LogP contribution in [0.5, 0.6) is 0 Å². The van der Waals surface area contributed by atoms with Crippen LogP contribution in [-0.2, 0) is 11.3 Å². The summed E-state index contributed by atoms with van der Waals surface area (Å²) >= 11 is 0.534. The standard InChI is InChI=1S/C11H14NO.Sr.H/c1-9(10(2)13)12-8-11-6-4-3-5-7-11;;/h3-6,9,12H,8H2,1-2H3;;/t9-;;/m0../s1. The van der Waals surface area contributed by atoms with Crippen LogP contribution in [-0.4, -0.2) is 55.1 Å². The fourth-order valence-corrected chi connectivity index (χ4v) is 2.53. The van der Waals surface area contributed by atoms with E-state index < -0.39 is 0 Å². The zero-order chi connectivity index (χ0) is 10.6. The second-order valence-electron chi connectivity index (χ2n) is 3.64. The van der Waals surface area contributed by atoms with Crippen molar-refractivity contribution in [2.45, 2.75) is 26.4 Å². The summed E-state index contributed by atoms with van der Waals surface area (Å²) in [5, 5.41) is 3.22. The fraction of sp³-hybridized carbons (Fsp3) is 0.364. The van der Waals surface area contributed by atoms with Crippen molar-refractivity contribution < 1.29 is 4.79 Å². The Morgan fingerprint density at radius 1 is 1.50 bits per heavy atom. The molecule has 2 nitrogen and oxygen atoms in total. The molecule has 1 aromatic carbocycles. The van der Waals surface area contributed by atoms with Gasteiger partial charge in [0.05, 0.1) is 0 Å². The summed E-state index contributed by atoms with van der Waals surface area (Å²) in [6, 6.07) is 8.39. The molecule has 1 rings (SSSR count). The third kappa shape index (κ3) is 3.83. The Hall–Kier alpha value is 0.331. The Morgan fingerprint density at radius 2 is 2.14 bits per heavy atom. The van der Waals surface area contributed by atoms with Crippen molar-refractivity contribution in [3.8, 4) is 0 Å². The van der Waals surface area contributed by atoms with Crippen LogP contribution in [0.25, 0.3) is 0 Å². The molecule has 1 atom stereocenters. The van der Waals surface area contributed by atoms with Gasteiger partial charge in [-0.3, -0.25) is 0 Å². The van der Waals surface area contributed by atoms with Gasteiger partial charge in [-0.15, -0.1) is 0 Å². The summed E-state index contributed by atoms with van der Waals surface area (Å²) < 4.78 is 1.47. The molecule has 0 aliphatic rings. The molecule has 1 N–H and O–H groups in total. The van der Waals surface area contributed by atoms with Crippen molar-refractivity contribution in [1.82, 2.24) is 5.32 Å². The maximum absolute atomic E-state index is 11.0. The molecule has 0 aliphatic carbocycles. The monoisotopic (exact) mass is 265 g/mol. The van der Waals surface area contributed by atoms with E-state index in [2.05, 4.69) is 23.5 Å². The third-order valence-corrected chi connectivity index (χ3v) is 4.87. The number of hydrogen-bond donors (Lipinski definition) is 1. The SMILES string of the molecule is CC(=O)[C@H](C)NCc1cccc[c]1[SrH]. The van der Waals surface area contributed by atoms with E-state index in [-0.39, 0.29) is 11.8 Å². The van der Waals surface area contributed by atoms with Crippen molar-refractivity contribution in [3.63, 3.8) is 0 Å². The number of rotatable bonds is 4. The average molecular weight is 265 g/mol. The summed E-state index contributed by atoms with van der Waals surface area (Å²) in [7, 11) is 0. The first-order chi connectivity index (χ1) is 6.61. The molecular weight excluding hydrogens is 250 g/mol. The van der Waals surface area contributed by atoms with Crippen molar-refractivity contribution in [3.05, 3.63) is 29.8 Å². The summed E-state index contributed by atoms with van der Waals surface area (Å²) in [4.78, 5) is 11.0. The molecular formula is C11H15NOSr. The van der Waals surface area contributed by atoms with Gasteiger partial charge in [0, 0.05) is 0 Å². The Bertz CT molecular complexity index is 325. The number of nitrogens with one attached hydrogen (secondary N) is 1. The van der Waals surface area contributed by atoms with Crippen LogP contribution in [0.4, 0.5) is 0 Å². The van der Waals surface area contributed by atoms with E-state index in [4.69, 9.17) is 0 Å². The van der Waals surface area contributed by atoms with Crippen molar-refractivity contribution >= 4 is 49.6 Å². The molecule has 0 saturated carbocycles. The second-order valence-corrected chi connectivity index (χ2v) is 6.29. The van der Waals surface area contributed by atoms with Crippen LogP contribution in [0.2, 0.25) is 0 Å². The summed E-state index contributed by atoms with van der Waals surface area (Å²) in [5.41, 5.74) is 1.34. The quantitative estimate of drug-likeness (QED) is 0.792. The van der Waals surface area contributed by atoms with Gasteiger partial charge in [-0.05, 0) is 0 Å². The molecule has 14 heavy (non-hydrogen) atoms. The molecule has 0 unspecified atom stereocenters. The molecule has 0 radical (unpaired) electrons. The molecule has 0 amide bonds. The van der Waals surface area contributed by atoms with E-state index in [0.717, 1.165) is 6.54 Å². The molecule has 72 valence electrons. The zero-order valence-corrected chi connectivity index (χ0v) is 13.9. The number of Topliss-reactive ketones (excluding diaryl/α,β-unsaturated/α-hetero) is 1. The molecule has 0 saturated heterocycles. The maximum atomic E-state index is 11.0. The van der Waals surface area contributed by atoms with Crippen LogP contribution in [0.15, 0.2) is 24.3 Å². The van der Waals surface area contributed by atoms with E-state index >= 15 is 0 Å². The first kappa shape index (κ1) is 12.4. The topological polar surface area (TPSA) is 29.1 Å². The molecule has 0 fully saturated rings. The predicted molar refractivity (Wildman–Crippen MR) is 60.2 cm³/mol. The van der Waals surface area contributed by atoms with Gasteiger partial charge in [-0.2, -0.15) is 0 Å². The van der Waals surface area contributed by atoms with Crippen LogP contribution >= 0.6 is 0 Å². The predicted octanol–water partition coefficient (Wildman–Crippen LogP) is 0.280. The van der Waals surface area contributed by atoms with E-state index in [9.17, 15) is 4.79 Å². The van der Waals surface area contributed by atoms with E-state index in [1.165, 1.54) is 6.10 Å². The van der Waals surface area contributed by atoms with Crippen molar-refractivity contribution in [2.24, 2.45) is 0 Å². The van der Waals surface area contributed by atoms with Crippen LogP contribution in [0.1, 0.15) is 19.4 Å². The molecule has 0 spiro atoms. The number of carbonyl (C=O) groups excluding carboxylic acids is 1. The molecule has 0 heterocycles. The van der Waals surface area contributed by atoms with Crippen molar-refractivity contribution in [1.29, 1.82) is 0 Å². The summed E-state index contributed by atoms with van der Waals surface area (Å²) in [6.07, 6.45) is 0. The minimum absolute atomic E-state index is 0.0372. The van der Waals surface area contributed by atoms with E-state index in [1.54, 1.807) is 6.92 Å². The average Bonchev–Trinajstić information content (AvgIpc) is 2.16. The molecule has 3 heteroatoms. The van der Waals surface area contributed by atoms with Gasteiger partial charge in [-0.25, -0.2) is 0 Å². The molecule has 0 bridgehead atoms. The van der Waals surface area contributed by atoms with Crippen LogP contribution in [0, 0.1) is 0 Å². The number of carbonyl (C=O) groups is 1. The normalized spacial score (nSPS) is 12.4. The number of ketones is 1. The third-order valence-electron chi connectivity index (χ3n) is 2.47. The van der Waals surface area contributed by atoms with Gasteiger partial charge in [-0.1, -0.05) is 0 Å². The van der Waals surface area contributed by atoms with Crippen molar-refractivity contribution in [2.75, 3.05) is 0 Å². The Labute approximate surface area is 115 Å². The first-order valence-corrected chi connectivity index (χ1v) is 7.35. The fourth-order valence-electron chi connectivity index (χ4n) is 1.22. The van der Waals surface area contributed by atoms with Gasteiger partial charge in [0.25, 0.3) is 0 Å². The van der Waals surface area contributed by atoms with Gasteiger partial charge >= 0.3 is 116 Å². The van der Waals surface area contributed by atoms with Gasteiger partial charge < -0.3 is 0 Å². The van der Waals surface area contributed by atoms with Crippen LogP contribution in [0.3, 0.4) is 0 Å². The summed E-state index contributed by atoms with van der Waals surface area (Å²) in [6.45, 7) is 4.34. The van der Waals surface area contributed by atoms with E-state index in [1.807, 2.05) is 13.0 Å². The number of hydrogen-bond acceptors (Lipinski definition) is 2. The minimum atomic E-state index is -0.0372. The Balaban J connectivity index is 2.54. The molecule has 0 aromatic heterocycles. The zero-order valence-electron chi connectivity index (χ0n) is 9.00. The summed E-state index contributed by atoms with van der Waals surface area (Å²) in [5.74, 6) is 0.196. The first-order valence-electron chi connectivity index (χ1n) is 4.89. The van der Waals surface area contributed by atoms with Gasteiger partial charge in [0.2, 0.25) is 0 Å².